The van der Waals surface area contributed by atoms with Gasteiger partial charge in [-0.3, -0.25) is 4.79 Å². The summed E-state index contributed by atoms with van der Waals surface area (Å²) < 4.78 is 31.5. The van der Waals surface area contributed by atoms with Gasteiger partial charge in [-0.1, -0.05) is 26.0 Å². The van der Waals surface area contributed by atoms with Crippen LogP contribution in [0.3, 0.4) is 0 Å². The minimum atomic E-state index is -1.01. The van der Waals surface area contributed by atoms with Gasteiger partial charge >= 0.3 is 0 Å². The van der Waals surface area contributed by atoms with Gasteiger partial charge in [0.15, 0.2) is 17.7 Å². The Morgan fingerprint density at radius 1 is 1.00 bits per heavy atom. The number of ether oxygens (including phenoxy) is 1. The fourth-order valence-electron chi connectivity index (χ4n) is 2.01. The second-order valence-corrected chi connectivity index (χ2v) is 5.60. The largest absolute Gasteiger partial charge is 0.481 e. The van der Waals surface area contributed by atoms with Crippen molar-refractivity contribution in [1.29, 1.82) is 0 Å². The van der Waals surface area contributed by atoms with Crippen molar-refractivity contribution in [2.45, 2.75) is 32.8 Å². The van der Waals surface area contributed by atoms with E-state index in [9.17, 15) is 13.6 Å². The number of halogens is 2. The fourth-order valence-corrected chi connectivity index (χ4v) is 2.01. The number of amides is 1. The molecule has 0 saturated carbocycles. The molecular weight excluding hydrogens is 300 g/mol. The van der Waals surface area contributed by atoms with Crippen molar-refractivity contribution < 1.29 is 18.3 Å². The van der Waals surface area contributed by atoms with E-state index in [1.54, 1.807) is 19.1 Å². The van der Waals surface area contributed by atoms with Crippen LogP contribution in [0, 0.1) is 11.6 Å². The smallest absolute Gasteiger partial charge is 0.265 e. The van der Waals surface area contributed by atoms with Gasteiger partial charge in [-0.05, 0) is 42.7 Å². The zero-order valence-electron chi connectivity index (χ0n) is 13.3. The number of anilines is 1. The molecule has 1 amide bonds. The Morgan fingerprint density at radius 3 is 2.22 bits per heavy atom. The molecular formula is C18H19F2NO2. The highest BCUT2D eigenvalue weighted by Gasteiger charge is 2.16. The van der Waals surface area contributed by atoms with Gasteiger partial charge in [0.2, 0.25) is 0 Å². The maximum Gasteiger partial charge on any atom is 0.265 e. The molecule has 2 aromatic rings. The van der Waals surface area contributed by atoms with Crippen LogP contribution in [0.4, 0.5) is 14.5 Å². The summed E-state index contributed by atoms with van der Waals surface area (Å²) in [6, 6.07) is 10.7. The molecule has 1 unspecified atom stereocenters. The van der Waals surface area contributed by atoms with Crippen LogP contribution in [-0.4, -0.2) is 12.0 Å². The number of hydrogen-bond acceptors (Lipinski definition) is 2. The molecule has 2 aromatic carbocycles. The first-order chi connectivity index (χ1) is 10.9. The van der Waals surface area contributed by atoms with Gasteiger partial charge in [0.05, 0.1) is 0 Å². The maximum atomic E-state index is 13.1. The summed E-state index contributed by atoms with van der Waals surface area (Å²) in [6.07, 6.45) is -0.770. The zero-order valence-corrected chi connectivity index (χ0v) is 13.3. The molecule has 122 valence electrons. The molecule has 1 N–H and O–H groups in total. The average Bonchev–Trinajstić information content (AvgIpc) is 2.51. The Kier molecular flexibility index (Phi) is 5.32. The predicted molar refractivity (Wildman–Crippen MR) is 85.6 cm³/mol. The van der Waals surface area contributed by atoms with E-state index in [0.29, 0.717) is 11.7 Å². The standard InChI is InChI=1S/C18H19F2NO2/c1-11(2)13-4-7-15(8-5-13)23-12(3)18(22)21-14-6-9-16(19)17(20)10-14/h4-12H,1-3H3,(H,21,22). The average molecular weight is 319 g/mol. The lowest BCUT2D eigenvalue weighted by molar-refractivity contribution is -0.122. The summed E-state index contributed by atoms with van der Waals surface area (Å²) >= 11 is 0. The molecule has 23 heavy (non-hydrogen) atoms. The maximum absolute atomic E-state index is 13.1. The van der Waals surface area contributed by atoms with Crippen LogP contribution in [0.15, 0.2) is 42.5 Å². The van der Waals surface area contributed by atoms with E-state index in [-0.39, 0.29) is 5.69 Å². The van der Waals surface area contributed by atoms with Crippen molar-refractivity contribution in [3.63, 3.8) is 0 Å². The summed E-state index contributed by atoms with van der Waals surface area (Å²) in [5.41, 5.74) is 1.36. The van der Waals surface area contributed by atoms with Crippen molar-refractivity contribution in [3.8, 4) is 5.75 Å². The van der Waals surface area contributed by atoms with Gasteiger partial charge in [0.25, 0.3) is 5.91 Å². The molecule has 0 aromatic heterocycles. The summed E-state index contributed by atoms with van der Waals surface area (Å²) in [5, 5.41) is 2.49. The van der Waals surface area contributed by atoms with Gasteiger partial charge in [-0.15, -0.1) is 0 Å². The first kappa shape index (κ1) is 16.9. The summed E-state index contributed by atoms with van der Waals surface area (Å²) in [5.74, 6) is -1.43. The molecule has 0 aliphatic carbocycles. The lowest BCUT2D eigenvalue weighted by atomic mass is 10.0. The molecule has 0 heterocycles. The minimum absolute atomic E-state index is 0.180. The van der Waals surface area contributed by atoms with Crippen LogP contribution < -0.4 is 10.1 Å². The fraction of sp³-hybridized carbons (Fsp3) is 0.278. The molecule has 0 fully saturated rings. The summed E-state index contributed by atoms with van der Waals surface area (Å²) in [4.78, 5) is 12.0. The number of carbonyl (C=O) groups is 1. The highest BCUT2D eigenvalue weighted by atomic mass is 19.2. The van der Waals surface area contributed by atoms with E-state index < -0.39 is 23.6 Å². The van der Waals surface area contributed by atoms with Crippen molar-refractivity contribution in [3.05, 3.63) is 59.7 Å². The Morgan fingerprint density at radius 2 is 1.65 bits per heavy atom. The second-order valence-electron chi connectivity index (χ2n) is 5.60. The molecule has 3 nitrogen and oxygen atoms in total. The molecule has 5 heteroatoms. The topological polar surface area (TPSA) is 38.3 Å². The first-order valence-electron chi connectivity index (χ1n) is 7.39. The summed E-state index contributed by atoms with van der Waals surface area (Å²) in [6.45, 7) is 5.77. The van der Waals surface area contributed by atoms with Crippen LogP contribution in [0.2, 0.25) is 0 Å². The van der Waals surface area contributed by atoms with Crippen LogP contribution in [0.25, 0.3) is 0 Å². The molecule has 0 spiro atoms. The second kappa shape index (κ2) is 7.22. The Labute approximate surface area is 134 Å². The van der Waals surface area contributed by atoms with E-state index in [4.69, 9.17) is 4.74 Å². The van der Waals surface area contributed by atoms with Gasteiger partial charge < -0.3 is 10.1 Å². The lowest BCUT2D eigenvalue weighted by Crippen LogP contribution is -2.30. The molecule has 0 aliphatic rings. The highest BCUT2D eigenvalue weighted by molar-refractivity contribution is 5.94. The molecule has 0 bridgehead atoms. The van der Waals surface area contributed by atoms with E-state index in [1.807, 2.05) is 12.1 Å². The Hall–Kier alpha value is -2.43. The van der Waals surface area contributed by atoms with Crippen LogP contribution >= 0.6 is 0 Å². The lowest BCUT2D eigenvalue weighted by Gasteiger charge is -2.15. The van der Waals surface area contributed by atoms with Crippen LogP contribution in [0.1, 0.15) is 32.3 Å². The van der Waals surface area contributed by atoms with Crippen molar-refractivity contribution in [2.75, 3.05) is 5.32 Å². The van der Waals surface area contributed by atoms with Crippen molar-refractivity contribution in [2.24, 2.45) is 0 Å². The third kappa shape index (κ3) is 4.52. The van der Waals surface area contributed by atoms with E-state index in [0.717, 1.165) is 12.1 Å². The molecule has 2 rings (SSSR count). The summed E-state index contributed by atoms with van der Waals surface area (Å²) in [7, 11) is 0. The number of rotatable bonds is 5. The predicted octanol–water partition coefficient (Wildman–Crippen LogP) is 4.49. The number of benzene rings is 2. The van der Waals surface area contributed by atoms with E-state index in [2.05, 4.69) is 19.2 Å². The molecule has 0 aliphatic heterocycles. The SMILES string of the molecule is CC(Oc1ccc(C(C)C)cc1)C(=O)Nc1ccc(F)c(F)c1. The third-order valence-corrected chi connectivity index (χ3v) is 3.42. The Bertz CT molecular complexity index is 684. The van der Waals surface area contributed by atoms with Crippen LogP contribution in [-0.2, 0) is 4.79 Å². The van der Waals surface area contributed by atoms with Crippen molar-refractivity contribution >= 4 is 11.6 Å². The quantitative estimate of drug-likeness (QED) is 0.881. The van der Waals surface area contributed by atoms with E-state index in [1.165, 1.54) is 11.6 Å². The monoisotopic (exact) mass is 319 g/mol. The van der Waals surface area contributed by atoms with Crippen LogP contribution in [0.5, 0.6) is 5.75 Å². The molecule has 0 radical (unpaired) electrons. The van der Waals surface area contributed by atoms with Gasteiger partial charge in [0, 0.05) is 11.8 Å². The van der Waals surface area contributed by atoms with Gasteiger partial charge in [0.1, 0.15) is 5.75 Å². The third-order valence-electron chi connectivity index (χ3n) is 3.42. The minimum Gasteiger partial charge on any atom is -0.481 e. The normalized spacial score (nSPS) is 12.1. The Balaban J connectivity index is 1.97. The highest BCUT2D eigenvalue weighted by Crippen LogP contribution is 2.20. The number of hydrogen-bond donors (Lipinski definition) is 1. The molecule has 0 saturated heterocycles. The first-order valence-corrected chi connectivity index (χ1v) is 7.39. The van der Waals surface area contributed by atoms with E-state index >= 15 is 0 Å². The molecule has 1 atom stereocenters. The van der Waals surface area contributed by atoms with Crippen molar-refractivity contribution in [1.82, 2.24) is 0 Å². The number of nitrogens with one attached hydrogen (secondary N) is 1. The number of carbonyl (C=O) groups excluding carboxylic acids is 1. The van der Waals surface area contributed by atoms with Gasteiger partial charge in [-0.25, -0.2) is 8.78 Å². The van der Waals surface area contributed by atoms with Gasteiger partial charge in [-0.2, -0.15) is 0 Å². The zero-order chi connectivity index (χ0) is 17.0.